The van der Waals surface area contributed by atoms with E-state index in [1.807, 2.05) is 60.9 Å². The van der Waals surface area contributed by atoms with Crippen molar-refractivity contribution < 1.29 is 18.9 Å². The summed E-state index contributed by atoms with van der Waals surface area (Å²) in [5.41, 5.74) is 5.80. The molecule has 40 heavy (non-hydrogen) atoms. The number of nitrogens with zero attached hydrogens (tertiary/aromatic N) is 4. The van der Waals surface area contributed by atoms with E-state index in [9.17, 15) is 0 Å². The number of benzene rings is 2. The monoisotopic (exact) mass is 542 g/mol. The Kier molecular flexibility index (Phi) is 9.67. The summed E-state index contributed by atoms with van der Waals surface area (Å²) in [7, 11) is 6.60. The zero-order valence-electron chi connectivity index (χ0n) is 24.2. The lowest BCUT2D eigenvalue weighted by atomic mass is 10.1. The number of likely N-dealkylation sites (N-methyl/N-ethyl adjacent to an activating group) is 2. The lowest BCUT2D eigenvalue weighted by Gasteiger charge is -2.29. The highest BCUT2D eigenvalue weighted by Gasteiger charge is 2.12. The summed E-state index contributed by atoms with van der Waals surface area (Å²) >= 11 is 0. The lowest BCUT2D eigenvalue weighted by Crippen LogP contribution is -2.35. The fraction of sp³-hybridized carbons (Fsp3) is 0.312. The molecule has 0 aliphatic rings. The molecule has 0 fully saturated rings. The normalized spacial score (nSPS) is 10.7. The molecule has 0 spiro atoms. The predicted molar refractivity (Wildman–Crippen MR) is 161 cm³/mol. The summed E-state index contributed by atoms with van der Waals surface area (Å²) in [6, 6.07) is 19.9. The van der Waals surface area contributed by atoms with Crippen molar-refractivity contribution in [1.29, 1.82) is 0 Å². The summed E-state index contributed by atoms with van der Waals surface area (Å²) in [6.07, 6.45) is 3.86. The third-order valence-electron chi connectivity index (χ3n) is 6.92. The van der Waals surface area contributed by atoms with Crippen molar-refractivity contribution in [2.45, 2.75) is 13.8 Å². The van der Waals surface area contributed by atoms with Gasteiger partial charge >= 0.3 is 0 Å². The second-order valence-corrected chi connectivity index (χ2v) is 9.17. The first-order chi connectivity index (χ1) is 19.5. The molecular formula is C32H38N4O4. The van der Waals surface area contributed by atoms with Crippen molar-refractivity contribution in [3.05, 3.63) is 73.1 Å². The van der Waals surface area contributed by atoms with E-state index in [-0.39, 0.29) is 0 Å². The van der Waals surface area contributed by atoms with Crippen LogP contribution in [0, 0.1) is 0 Å². The second-order valence-electron chi connectivity index (χ2n) is 9.17. The van der Waals surface area contributed by atoms with Crippen LogP contribution in [-0.2, 0) is 0 Å². The Morgan fingerprint density at radius 3 is 1.12 bits per heavy atom. The van der Waals surface area contributed by atoms with Gasteiger partial charge in [0.25, 0.3) is 0 Å². The molecule has 4 aromatic rings. The Bertz CT molecular complexity index is 1230. The van der Waals surface area contributed by atoms with E-state index < -0.39 is 0 Å². The predicted octanol–water partition coefficient (Wildman–Crippen LogP) is 6.20. The molecule has 0 unspecified atom stereocenters. The number of hydrogen-bond donors (Lipinski definition) is 0. The maximum Gasteiger partial charge on any atom is 0.123 e. The molecule has 0 aliphatic carbocycles. The van der Waals surface area contributed by atoms with E-state index in [1.165, 1.54) is 0 Å². The summed E-state index contributed by atoms with van der Waals surface area (Å²) in [5, 5.41) is 0. The van der Waals surface area contributed by atoms with E-state index in [0.29, 0.717) is 0 Å². The number of methoxy groups -OCH3 is 4. The maximum absolute atomic E-state index is 5.41. The summed E-state index contributed by atoms with van der Waals surface area (Å²) in [6.45, 7) is 7.78. The van der Waals surface area contributed by atoms with Crippen LogP contribution in [0.15, 0.2) is 73.1 Å². The van der Waals surface area contributed by atoms with Crippen LogP contribution >= 0.6 is 0 Å². The largest absolute Gasteiger partial charge is 0.497 e. The van der Waals surface area contributed by atoms with Gasteiger partial charge in [0.2, 0.25) is 0 Å². The molecule has 0 bridgehead atoms. The third kappa shape index (κ3) is 6.75. The molecule has 0 saturated carbocycles. The highest BCUT2D eigenvalue weighted by atomic mass is 16.5. The number of hydrogen-bond acceptors (Lipinski definition) is 8. The van der Waals surface area contributed by atoms with Gasteiger partial charge in [-0.15, -0.1) is 0 Å². The fourth-order valence-corrected chi connectivity index (χ4v) is 4.58. The quantitative estimate of drug-likeness (QED) is 0.198. The molecule has 0 amide bonds. The third-order valence-corrected chi connectivity index (χ3v) is 6.92. The van der Waals surface area contributed by atoms with Crippen LogP contribution in [0.1, 0.15) is 13.8 Å². The van der Waals surface area contributed by atoms with Crippen molar-refractivity contribution in [1.82, 2.24) is 9.97 Å². The first-order valence-corrected chi connectivity index (χ1v) is 13.4. The van der Waals surface area contributed by atoms with Crippen molar-refractivity contribution in [3.8, 4) is 45.5 Å². The Hall–Kier alpha value is -4.46. The van der Waals surface area contributed by atoms with Crippen LogP contribution in [0.4, 0.5) is 11.4 Å². The van der Waals surface area contributed by atoms with Gasteiger partial charge in [-0.2, -0.15) is 0 Å². The van der Waals surface area contributed by atoms with Crippen LogP contribution < -0.4 is 28.7 Å². The molecule has 210 valence electrons. The minimum atomic E-state index is 0.737. The minimum Gasteiger partial charge on any atom is -0.497 e. The molecule has 2 aromatic carbocycles. The standard InChI is InChI=1S/C32H38N4O4/c1-7-35(25-9-11-31(33-21-25)23-15-27(37-3)19-28(16-23)38-4)13-14-36(8-2)26-10-12-32(34-22-26)24-17-29(39-5)20-30(18-24)40-6/h9-12,15-22H,7-8,13-14H2,1-6H3. The maximum atomic E-state index is 5.41. The zero-order valence-corrected chi connectivity index (χ0v) is 24.2. The summed E-state index contributed by atoms with van der Waals surface area (Å²) < 4.78 is 21.6. The highest BCUT2D eigenvalue weighted by Crippen LogP contribution is 2.31. The molecule has 8 heteroatoms. The van der Waals surface area contributed by atoms with Crippen molar-refractivity contribution >= 4 is 11.4 Å². The molecule has 2 heterocycles. The van der Waals surface area contributed by atoms with Gasteiger partial charge in [-0.1, -0.05) is 0 Å². The van der Waals surface area contributed by atoms with Gasteiger partial charge in [0.1, 0.15) is 23.0 Å². The zero-order chi connectivity index (χ0) is 28.5. The van der Waals surface area contributed by atoms with Gasteiger partial charge in [0.15, 0.2) is 0 Å². The Balaban J connectivity index is 1.44. The Labute approximate surface area is 237 Å². The number of pyridine rings is 2. The van der Waals surface area contributed by atoms with Crippen molar-refractivity contribution in [2.24, 2.45) is 0 Å². The van der Waals surface area contributed by atoms with Crippen LogP contribution in [0.2, 0.25) is 0 Å². The molecule has 4 rings (SSSR count). The number of aromatic nitrogens is 2. The molecular weight excluding hydrogens is 504 g/mol. The van der Waals surface area contributed by atoms with Crippen molar-refractivity contribution in [2.75, 3.05) is 64.4 Å². The minimum absolute atomic E-state index is 0.737. The van der Waals surface area contributed by atoms with Crippen LogP contribution in [0.25, 0.3) is 22.5 Å². The molecule has 0 saturated heterocycles. The van der Waals surface area contributed by atoms with Crippen LogP contribution in [-0.4, -0.2) is 64.6 Å². The molecule has 8 nitrogen and oxygen atoms in total. The van der Waals surface area contributed by atoms with Gasteiger partial charge < -0.3 is 28.7 Å². The number of anilines is 2. The van der Waals surface area contributed by atoms with E-state index in [1.54, 1.807) is 28.4 Å². The van der Waals surface area contributed by atoms with Crippen LogP contribution in [0.3, 0.4) is 0 Å². The first-order valence-electron chi connectivity index (χ1n) is 13.4. The average molecular weight is 543 g/mol. The van der Waals surface area contributed by atoms with E-state index in [4.69, 9.17) is 28.9 Å². The van der Waals surface area contributed by atoms with Crippen molar-refractivity contribution in [3.63, 3.8) is 0 Å². The van der Waals surface area contributed by atoms with E-state index >= 15 is 0 Å². The van der Waals surface area contributed by atoms with E-state index in [0.717, 1.165) is 83.1 Å². The molecule has 0 N–H and O–H groups in total. The van der Waals surface area contributed by atoms with Gasteiger partial charge in [-0.25, -0.2) is 0 Å². The smallest absolute Gasteiger partial charge is 0.123 e. The molecule has 0 atom stereocenters. The van der Waals surface area contributed by atoms with Crippen LogP contribution in [0.5, 0.6) is 23.0 Å². The Morgan fingerprint density at radius 1 is 0.525 bits per heavy atom. The summed E-state index contributed by atoms with van der Waals surface area (Å²) in [4.78, 5) is 14.1. The number of ether oxygens (including phenoxy) is 4. The molecule has 2 aromatic heterocycles. The van der Waals surface area contributed by atoms with E-state index in [2.05, 4.69) is 35.8 Å². The molecule has 0 radical (unpaired) electrons. The second kappa shape index (κ2) is 13.6. The van der Waals surface area contributed by atoms with Gasteiger partial charge in [0, 0.05) is 49.4 Å². The fourth-order valence-electron chi connectivity index (χ4n) is 4.58. The first kappa shape index (κ1) is 28.5. The molecule has 0 aliphatic heterocycles. The lowest BCUT2D eigenvalue weighted by molar-refractivity contribution is 0.394. The highest BCUT2D eigenvalue weighted by molar-refractivity contribution is 5.67. The van der Waals surface area contributed by atoms with Gasteiger partial charge in [0.05, 0.1) is 63.6 Å². The topological polar surface area (TPSA) is 69.2 Å². The Morgan fingerprint density at radius 2 is 0.875 bits per heavy atom. The SMILES string of the molecule is CCN(CCN(CC)c1ccc(-c2cc(OC)cc(OC)c2)nc1)c1ccc(-c2cc(OC)cc(OC)c2)nc1. The van der Waals surface area contributed by atoms with Gasteiger partial charge in [-0.3, -0.25) is 9.97 Å². The van der Waals surface area contributed by atoms with Gasteiger partial charge in [-0.05, 0) is 62.4 Å². The summed E-state index contributed by atoms with van der Waals surface area (Å²) in [5.74, 6) is 2.95. The number of rotatable bonds is 13. The average Bonchev–Trinajstić information content (AvgIpc) is 3.02.